The van der Waals surface area contributed by atoms with Crippen LogP contribution in [0, 0.1) is 78.8 Å². The second-order valence-corrected chi connectivity index (χ2v) is 9.10. The van der Waals surface area contributed by atoms with Crippen molar-refractivity contribution in [3.05, 3.63) is 22.8 Å². The Bertz CT molecular complexity index is 950. The molecule has 0 amide bonds. The van der Waals surface area contributed by atoms with Crippen LogP contribution in [0.2, 0.25) is 0 Å². The van der Waals surface area contributed by atoms with Gasteiger partial charge in [0, 0.05) is 10.8 Å². The molecule has 0 unspecified atom stereocenters. The Kier molecular flexibility index (Phi) is 4.90. The van der Waals surface area contributed by atoms with Crippen LogP contribution in [0.3, 0.4) is 0 Å². The number of hydrogen-bond donors (Lipinski definition) is 0. The molecule has 2 bridgehead atoms. The van der Waals surface area contributed by atoms with Crippen molar-refractivity contribution in [1.29, 1.82) is 21.0 Å². The quantitative estimate of drug-likeness (QED) is 0.436. The lowest BCUT2D eigenvalue weighted by Crippen LogP contribution is -2.73. The maximum atomic E-state index is 10.6. The molecule has 0 heterocycles. The van der Waals surface area contributed by atoms with Gasteiger partial charge in [-0.25, -0.2) is 0 Å². The summed E-state index contributed by atoms with van der Waals surface area (Å²) in [6.07, 6.45) is 4.53. The molecule has 0 spiro atoms. The van der Waals surface area contributed by atoms with E-state index in [0.29, 0.717) is 25.7 Å². The maximum Gasteiger partial charge on any atom is 0.186 e. The van der Waals surface area contributed by atoms with Crippen molar-refractivity contribution < 1.29 is 0 Å². The molecule has 0 aromatic rings. The molecule has 4 aliphatic rings. The molecule has 150 valence electrons. The molecule has 0 aliphatic heterocycles. The van der Waals surface area contributed by atoms with E-state index >= 15 is 0 Å². The fraction of sp³-hybridized carbons (Fsp3) is 0.667. The number of rotatable bonds is 4. The van der Waals surface area contributed by atoms with E-state index in [-0.39, 0.29) is 17.2 Å². The van der Waals surface area contributed by atoms with Gasteiger partial charge in [-0.15, -0.1) is 11.6 Å². The second kappa shape index (κ2) is 6.63. The molecule has 0 radical (unpaired) electrons. The first-order chi connectivity index (χ1) is 13.8. The summed E-state index contributed by atoms with van der Waals surface area (Å²) in [5.74, 6) is -0.303. The van der Waals surface area contributed by atoms with Crippen LogP contribution in [0.4, 0.5) is 0 Å². The highest BCUT2D eigenvalue weighted by Gasteiger charge is 2.85. The van der Waals surface area contributed by atoms with E-state index in [0.717, 1.165) is 16.7 Å². The monoisotopic (exact) mass is 406 g/mol. The zero-order chi connectivity index (χ0) is 21.8. The van der Waals surface area contributed by atoms with Gasteiger partial charge in [-0.1, -0.05) is 50.5 Å². The molecule has 1 fully saturated rings. The average Bonchev–Trinajstić information content (AvgIpc) is 3.06. The number of nitrogens with zero attached hydrogens (tertiary/aromatic N) is 4. The highest BCUT2D eigenvalue weighted by Crippen LogP contribution is 2.82. The minimum absolute atomic E-state index is 0.130. The van der Waals surface area contributed by atoms with Crippen LogP contribution in [0.15, 0.2) is 22.8 Å². The van der Waals surface area contributed by atoms with Gasteiger partial charge in [0.2, 0.25) is 0 Å². The largest absolute Gasteiger partial charge is 0.196 e. The third-order valence-electron chi connectivity index (χ3n) is 8.55. The van der Waals surface area contributed by atoms with Gasteiger partial charge in [-0.05, 0) is 44.4 Å². The van der Waals surface area contributed by atoms with Crippen molar-refractivity contribution in [2.75, 3.05) is 0 Å². The molecule has 1 saturated carbocycles. The first kappa shape index (κ1) is 21.4. The molecule has 5 heteroatoms. The van der Waals surface area contributed by atoms with E-state index in [9.17, 15) is 21.0 Å². The number of alkyl halides is 1. The van der Waals surface area contributed by atoms with Crippen LogP contribution >= 0.6 is 11.6 Å². The van der Waals surface area contributed by atoms with Gasteiger partial charge in [0.05, 0.1) is 29.7 Å². The predicted octanol–water partition coefficient (Wildman–Crippen LogP) is 5.79. The fourth-order valence-electron chi connectivity index (χ4n) is 7.78. The Morgan fingerprint density at radius 2 is 1.24 bits per heavy atom. The minimum atomic E-state index is -1.77. The van der Waals surface area contributed by atoms with E-state index < -0.39 is 21.7 Å². The summed E-state index contributed by atoms with van der Waals surface area (Å²) in [6, 6.07) is 9.12. The highest BCUT2D eigenvalue weighted by atomic mass is 35.5. The summed E-state index contributed by atoms with van der Waals surface area (Å²) in [4.78, 5) is 0. The van der Waals surface area contributed by atoms with E-state index in [1.807, 2.05) is 20.8 Å². The molecule has 0 aromatic heterocycles. The standard InChI is InChI=1S/C24H27ClN4/c1-6-16-17(7-2)24(9-4)19-18(10-15(5)20(19)25)23(16,8-3)21(11-26,12-27)22(24,13-28)14-29/h10,18-20H,6-9H2,1-5H3/t18-,19-,20-,23-,24+/m1/s1. The van der Waals surface area contributed by atoms with Gasteiger partial charge in [-0.3, -0.25) is 0 Å². The summed E-state index contributed by atoms with van der Waals surface area (Å²) in [5.41, 5.74) is -2.14. The Labute approximate surface area is 179 Å². The fourth-order valence-corrected chi connectivity index (χ4v) is 8.23. The first-order valence-corrected chi connectivity index (χ1v) is 10.9. The van der Waals surface area contributed by atoms with Gasteiger partial charge < -0.3 is 0 Å². The van der Waals surface area contributed by atoms with Crippen LogP contribution in [-0.2, 0) is 0 Å². The summed E-state index contributed by atoms with van der Waals surface area (Å²) in [5, 5.41) is 41.9. The Morgan fingerprint density at radius 1 is 0.828 bits per heavy atom. The third kappa shape index (κ3) is 1.76. The summed E-state index contributed by atoms with van der Waals surface area (Å²) in [7, 11) is 0. The maximum absolute atomic E-state index is 10.6. The number of halogens is 1. The SMILES string of the molecule is CCC1=C(CC)[C@]2(CC)[C@@H]3C=C(C)[C@@H](Cl)[C@@H]3[C@@]1(CC)C(C#N)(C#N)C2(C#N)C#N. The molecule has 0 aromatic carbocycles. The van der Waals surface area contributed by atoms with Crippen LogP contribution in [0.25, 0.3) is 0 Å². The molecule has 4 nitrogen and oxygen atoms in total. The normalized spacial score (nSPS) is 38.3. The number of fused-ring (bicyclic) bond motifs is 1. The molecule has 0 N–H and O–H groups in total. The van der Waals surface area contributed by atoms with Crippen molar-refractivity contribution in [2.24, 2.45) is 33.5 Å². The lowest BCUT2D eigenvalue weighted by atomic mass is 9.26. The smallest absolute Gasteiger partial charge is 0.186 e. The van der Waals surface area contributed by atoms with Gasteiger partial charge in [0.15, 0.2) is 10.8 Å². The number of hydrogen-bond acceptors (Lipinski definition) is 4. The number of nitriles is 4. The lowest BCUT2D eigenvalue weighted by Gasteiger charge is -2.71. The molecular formula is C24H27ClN4. The topological polar surface area (TPSA) is 95.2 Å². The minimum Gasteiger partial charge on any atom is -0.196 e. The highest BCUT2D eigenvalue weighted by molar-refractivity contribution is 6.23. The second-order valence-electron chi connectivity index (χ2n) is 8.63. The lowest BCUT2D eigenvalue weighted by molar-refractivity contribution is -0.145. The van der Waals surface area contributed by atoms with E-state index in [1.54, 1.807) is 0 Å². The van der Waals surface area contributed by atoms with Crippen molar-refractivity contribution in [1.82, 2.24) is 0 Å². The first-order valence-electron chi connectivity index (χ1n) is 10.5. The van der Waals surface area contributed by atoms with Crippen LogP contribution in [0.5, 0.6) is 0 Å². The third-order valence-corrected chi connectivity index (χ3v) is 9.17. The molecule has 29 heavy (non-hydrogen) atoms. The molecule has 4 aliphatic carbocycles. The van der Waals surface area contributed by atoms with Crippen molar-refractivity contribution >= 4 is 11.6 Å². The van der Waals surface area contributed by atoms with Gasteiger partial charge in [-0.2, -0.15) is 21.0 Å². The van der Waals surface area contributed by atoms with E-state index in [1.165, 1.54) is 0 Å². The van der Waals surface area contributed by atoms with Crippen LogP contribution in [-0.4, -0.2) is 5.38 Å². The van der Waals surface area contributed by atoms with E-state index in [2.05, 4.69) is 44.2 Å². The number of allylic oxidation sites excluding steroid dienone is 4. The molecule has 0 saturated heterocycles. The van der Waals surface area contributed by atoms with Crippen LogP contribution < -0.4 is 0 Å². The zero-order valence-electron chi connectivity index (χ0n) is 17.8. The summed E-state index contributed by atoms with van der Waals surface area (Å²) in [6.45, 7) is 10.1. The Morgan fingerprint density at radius 3 is 1.62 bits per heavy atom. The predicted molar refractivity (Wildman–Crippen MR) is 111 cm³/mol. The van der Waals surface area contributed by atoms with Crippen molar-refractivity contribution in [3.63, 3.8) is 0 Å². The molecular weight excluding hydrogens is 380 g/mol. The molecule has 4 rings (SSSR count). The van der Waals surface area contributed by atoms with Gasteiger partial charge >= 0.3 is 0 Å². The Balaban J connectivity index is 2.71. The molecule has 5 atom stereocenters. The summed E-state index contributed by atoms with van der Waals surface area (Å²) < 4.78 is 0. The van der Waals surface area contributed by atoms with Crippen LogP contribution in [0.1, 0.15) is 60.3 Å². The zero-order valence-corrected chi connectivity index (χ0v) is 18.6. The van der Waals surface area contributed by atoms with Crippen molar-refractivity contribution in [2.45, 2.75) is 65.7 Å². The average molecular weight is 407 g/mol. The van der Waals surface area contributed by atoms with E-state index in [4.69, 9.17) is 11.6 Å². The Hall–Kier alpha value is -2.27. The van der Waals surface area contributed by atoms with Gasteiger partial charge in [0.25, 0.3) is 0 Å². The summed E-state index contributed by atoms with van der Waals surface area (Å²) >= 11 is 6.98. The van der Waals surface area contributed by atoms with Gasteiger partial charge in [0.1, 0.15) is 0 Å². The van der Waals surface area contributed by atoms with Crippen molar-refractivity contribution in [3.8, 4) is 24.3 Å².